The molecule has 3 aromatic heterocycles. The van der Waals surface area contributed by atoms with Gasteiger partial charge in [0, 0.05) is 18.6 Å². The Morgan fingerprint density at radius 1 is 0.810 bits per heavy atom. The molecule has 0 unspecified atom stereocenters. The highest BCUT2D eigenvalue weighted by Gasteiger charge is 2.40. The molecule has 204 valence electrons. The second-order valence-electron chi connectivity index (χ2n) is 10.1. The normalized spacial score (nSPS) is 11.7. The van der Waals surface area contributed by atoms with Gasteiger partial charge in [-0.3, -0.25) is 4.68 Å². The largest absolute Gasteiger partial charge is 0.508 e. The van der Waals surface area contributed by atoms with Gasteiger partial charge in [-0.05, 0) is 34.9 Å². The Labute approximate surface area is 240 Å². The molecule has 4 aromatic carbocycles. The molecule has 0 radical (unpaired) electrons. The molecular formula is C34H25N5O3. The molecule has 3 heterocycles. The average molecular weight is 552 g/mol. The predicted octanol–water partition coefficient (Wildman–Crippen LogP) is 6.23. The standard InChI is InChI=1S/C34H25N5O3/c1-38-29-18-17-25(40)19-26(29)30(37-38)28-20-35-32-31(36-28)27(33(41)42)21-39(32)34(22-11-5-2-6-12-22,23-13-7-3-8-14-23)24-15-9-4-10-16-24/h2-21,40H,1H3,(H,41,42). The third-order valence-corrected chi connectivity index (χ3v) is 7.74. The Hall–Kier alpha value is -5.76. The van der Waals surface area contributed by atoms with E-state index in [1.807, 2.05) is 103 Å². The van der Waals surface area contributed by atoms with Crippen LogP contribution in [0.3, 0.4) is 0 Å². The fraction of sp³-hybridized carbons (Fsp3) is 0.0588. The maximum Gasteiger partial charge on any atom is 0.339 e. The van der Waals surface area contributed by atoms with Gasteiger partial charge in [0.15, 0.2) is 5.65 Å². The van der Waals surface area contributed by atoms with Crippen LogP contribution in [0.2, 0.25) is 0 Å². The zero-order valence-electron chi connectivity index (χ0n) is 22.6. The first-order valence-electron chi connectivity index (χ1n) is 13.4. The van der Waals surface area contributed by atoms with Crippen molar-refractivity contribution in [2.75, 3.05) is 0 Å². The number of carboxylic acids is 1. The van der Waals surface area contributed by atoms with Crippen LogP contribution in [0.4, 0.5) is 0 Å². The van der Waals surface area contributed by atoms with Crippen molar-refractivity contribution in [3.05, 3.63) is 144 Å². The summed E-state index contributed by atoms with van der Waals surface area (Å²) in [7, 11) is 1.81. The summed E-state index contributed by atoms with van der Waals surface area (Å²) >= 11 is 0. The van der Waals surface area contributed by atoms with E-state index in [-0.39, 0.29) is 16.8 Å². The molecule has 0 aliphatic heterocycles. The van der Waals surface area contributed by atoms with Crippen LogP contribution in [0, 0.1) is 0 Å². The minimum absolute atomic E-state index is 0.0228. The van der Waals surface area contributed by atoms with E-state index in [1.54, 1.807) is 35.3 Å². The summed E-state index contributed by atoms with van der Waals surface area (Å²) in [4.78, 5) is 22.5. The number of aromatic nitrogens is 5. The summed E-state index contributed by atoms with van der Waals surface area (Å²) < 4.78 is 3.62. The molecule has 2 N–H and O–H groups in total. The van der Waals surface area contributed by atoms with Crippen molar-refractivity contribution in [3.63, 3.8) is 0 Å². The van der Waals surface area contributed by atoms with Gasteiger partial charge < -0.3 is 14.8 Å². The van der Waals surface area contributed by atoms with Gasteiger partial charge in [-0.1, -0.05) is 91.0 Å². The van der Waals surface area contributed by atoms with Crippen LogP contribution in [-0.2, 0) is 12.6 Å². The van der Waals surface area contributed by atoms with Crippen LogP contribution >= 0.6 is 0 Å². The van der Waals surface area contributed by atoms with Crippen molar-refractivity contribution < 1.29 is 15.0 Å². The Balaban J connectivity index is 1.58. The predicted molar refractivity (Wildman–Crippen MR) is 160 cm³/mol. The Morgan fingerprint density at radius 2 is 1.38 bits per heavy atom. The van der Waals surface area contributed by atoms with E-state index in [2.05, 4.69) is 5.10 Å². The summed E-state index contributed by atoms with van der Waals surface area (Å²) in [5.41, 5.74) is 4.24. The molecule has 0 spiro atoms. The fourth-order valence-corrected chi connectivity index (χ4v) is 5.92. The second-order valence-corrected chi connectivity index (χ2v) is 10.1. The topological polar surface area (TPSA) is 106 Å². The minimum atomic E-state index is -1.11. The summed E-state index contributed by atoms with van der Waals surface area (Å²) in [6.45, 7) is 0. The minimum Gasteiger partial charge on any atom is -0.508 e. The van der Waals surface area contributed by atoms with E-state index in [1.165, 1.54) is 0 Å². The lowest BCUT2D eigenvalue weighted by molar-refractivity contribution is 0.0698. The molecular weight excluding hydrogens is 526 g/mol. The van der Waals surface area contributed by atoms with E-state index >= 15 is 0 Å². The van der Waals surface area contributed by atoms with Gasteiger partial charge in [0.2, 0.25) is 0 Å². The second kappa shape index (κ2) is 9.71. The van der Waals surface area contributed by atoms with Crippen LogP contribution in [0.15, 0.2) is 122 Å². The molecule has 7 aromatic rings. The average Bonchev–Trinajstić information content (AvgIpc) is 3.57. The van der Waals surface area contributed by atoms with Gasteiger partial charge in [0.25, 0.3) is 0 Å². The zero-order chi connectivity index (χ0) is 28.8. The molecule has 0 saturated carbocycles. The summed E-state index contributed by atoms with van der Waals surface area (Å²) in [6.07, 6.45) is 3.24. The summed E-state index contributed by atoms with van der Waals surface area (Å²) in [5, 5.41) is 25.9. The lowest BCUT2D eigenvalue weighted by Gasteiger charge is -2.38. The lowest BCUT2D eigenvalue weighted by atomic mass is 9.76. The van der Waals surface area contributed by atoms with Crippen LogP contribution in [-0.4, -0.2) is 40.5 Å². The third kappa shape index (κ3) is 3.77. The van der Waals surface area contributed by atoms with Crippen molar-refractivity contribution in [2.24, 2.45) is 7.05 Å². The number of hydrogen-bond acceptors (Lipinski definition) is 5. The molecule has 0 amide bonds. The number of fused-ring (bicyclic) bond motifs is 2. The molecule has 0 aliphatic rings. The SMILES string of the molecule is Cn1nc(-c2cnc3c(n2)c(C(=O)O)cn3C(c2ccccc2)(c2ccccc2)c2ccccc2)c2cc(O)ccc21. The van der Waals surface area contributed by atoms with Crippen molar-refractivity contribution in [2.45, 2.75) is 5.54 Å². The van der Waals surface area contributed by atoms with Crippen molar-refractivity contribution >= 4 is 28.0 Å². The maximum absolute atomic E-state index is 12.7. The summed E-state index contributed by atoms with van der Waals surface area (Å²) in [6, 6.07) is 35.0. The molecule has 0 fully saturated rings. The monoisotopic (exact) mass is 551 g/mol. The Kier molecular flexibility index (Phi) is 5.83. The van der Waals surface area contributed by atoms with Crippen LogP contribution < -0.4 is 0 Å². The maximum atomic E-state index is 12.7. The Morgan fingerprint density at radius 3 is 1.93 bits per heavy atom. The first-order valence-corrected chi connectivity index (χ1v) is 13.4. The molecule has 8 nitrogen and oxygen atoms in total. The zero-order valence-corrected chi connectivity index (χ0v) is 22.6. The summed E-state index contributed by atoms with van der Waals surface area (Å²) in [5.74, 6) is -1.02. The van der Waals surface area contributed by atoms with Gasteiger partial charge in [0.1, 0.15) is 33.8 Å². The number of benzene rings is 4. The van der Waals surface area contributed by atoms with Gasteiger partial charge in [-0.2, -0.15) is 5.10 Å². The number of aromatic hydroxyl groups is 1. The quantitative estimate of drug-likeness (QED) is 0.237. The van der Waals surface area contributed by atoms with Gasteiger partial charge in [0.05, 0.1) is 11.7 Å². The number of phenols is 1. The molecule has 7 rings (SSSR count). The number of aromatic carboxylic acids is 1. The van der Waals surface area contributed by atoms with E-state index in [4.69, 9.17) is 9.97 Å². The number of hydrogen-bond donors (Lipinski definition) is 2. The lowest BCUT2D eigenvalue weighted by Crippen LogP contribution is -2.37. The van der Waals surface area contributed by atoms with Crippen molar-refractivity contribution in [3.8, 4) is 17.1 Å². The van der Waals surface area contributed by atoms with E-state index in [0.29, 0.717) is 22.4 Å². The number of carbonyl (C=O) groups is 1. The first-order chi connectivity index (χ1) is 20.5. The molecule has 42 heavy (non-hydrogen) atoms. The third-order valence-electron chi connectivity index (χ3n) is 7.74. The molecule has 0 atom stereocenters. The molecule has 8 heteroatoms. The smallest absolute Gasteiger partial charge is 0.339 e. The Bertz CT molecular complexity index is 1990. The van der Waals surface area contributed by atoms with Crippen LogP contribution in [0.5, 0.6) is 5.75 Å². The van der Waals surface area contributed by atoms with E-state index < -0.39 is 11.5 Å². The highest BCUT2D eigenvalue weighted by Crippen LogP contribution is 2.43. The van der Waals surface area contributed by atoms with Crippen molar-refractivity contribution in [1.29, 1.82) is 0 Å². The number of nitrogens with zero attached hydrogens (tertiary/aromatic N) is 5. The van der Waals surface area contributed by atoms with Gasteiger partial charge >= 0.3 is 5.97 Å². The van der Waals surface area contributed by atoms with Gasteiger partial charge in [-0.25, -0.2) is 14.8 Å². The molecule has 0 saturated heterocycles. The van der Waals surface area contributed by atoms with E-state index in [9.17, 15) is 15.0 Å². The highest BCUT2D eigenvalue weighted by atomic mass is 16.4. The number of phenolic OH excluding ortho intramolecular Hbond substituents is 1. The highest BCUT2D eigenvalue weighted by molar-refractivity contribution is 6.02. The first kappa shape index (κ1) is 25.2. The number of rotatable bonds is 6. The molecule has 0 aliphatic carbocycles. The molecule has 0 bridgehead atoms. The fourth-order valence-electron chi connectivity index (χ4n) is 5.92. The van der Waals surface area contributed by atoms with Crippen LogP contribution in [0.25, 0.3) is 33.5 Å². The van der Waals surface area contributed by atoms with Gasteiger partial charge in [-0.15, -0.1) is 0 Å². The van der Waals surface area contributed by atoms with Crippen LogP contribution in [0.1, 0.15) is 27.0 Å². The van der Waals surface area contributed by atoms with Crippen molar-refractivity contribution in [1.82, 2.24) is 24.3 Å². The number of aryl methyl sites for hydroxylation is 1. The number of carboxylic acid groups (broad SMARTS) is 1. The van der Waals surface area contributed by atoms with E-state index in [0.717, 1.165) is 22.2 Å².